The minimum absolute atomic E-state index is 0.0991. The zero-order valence-corrected chi connectivity index (χ0v) is 15.9. The molecule has 0 aliphatic carbocycles. The van der Waals surface area contributed by atoms with Gasteiger partial charge in [0.2, 0.25) is 16.1 Å². The molecule has 0 saturated carbocycles. The number of carbonyl (C=O) groups is 2. The molecule has 0 bridgehead atoms. The van der Waals surface area contributed by atoms with E-state index < -0.39 is 27.7 Å². The van der Waals surface area contributed by atoms with Crippen LogP contribution in [0.5, 0.6) is 5.75 Å². The Morgan fingerprint density at radius 2 is 1.81 bits per heavy atom. The quantitative estimate of drug-likeness (QED) is 0.680. The number of carbonyl (C=O) groups excluding carboxylic acids is 2. The maximum absolute atomic E-state index is 13.0. The van der Waals surface area contributed by atoms with Crippen molar-refractivity contribution in [3.8, 4) is 5.75 Å². The highest BCUT2D eigenvalue weighted by Gasteiger charge is 2.29. The lowest BCUT2D eigenvalue weighted by molar-refractivity contribution is -0.134. The van der Waals surface area contributed by atoms with Crippen molar-refractivity contribution < 1.29 is 27.5 Å². The number of pyridine rings is 1. The molecule has 144 valence electrons. The number of rotatable bonds is 6. The number of hydrogen-bond donors (Lipinski definition) is 0. The summed E-state index contributed by atoms with van der Waals surface area (Å²) in [5, 5.41) is 0.368. The van der Waals surface area contributed by atoms with Crippen LogP contribution in [0, 0.1) is 0 Å². The maximum Gasteiger partial charge on any atom is 0.243 e. The van der Waals surface area contributed by atoms with E-state index in [2.05, 4.69) is 4.98 Å². The summed E-state index contributed by atoms with van der Waals surface area (Å²) in [5.41, 5.74) is 0.277. The van der Waals surface area contributed by atoms with Crippen LogP contribution in [-0.4, -0.2) is 61.7 Å². The molecule has 2 aromatic rings. The second-order valence-corrected chi connectivity index (χ2v) is 8.10. The predicted molar refractivity (Wildman–Crippen MR) is 97.1 cm³/mol. The Morgan fingerprint density at radius 3 is 2.44 bits per heavy atom. The number of ether oxygens (including phenoxy) is 2. The molecule has 0 atom stereocenters. The Hall–Kier alpha value is -2.36. The van der Waals surface area contributed by atoms with Crippen molar-refractivity contribution in [1.29, 1.82) is 0 Å². The number of Topliss-reactive ketones (excluding diaryl/α,β-unsaturated/α-hetero) is 2. The van der Waals surface area contributed by atoms with E-state index in [4.69, 9.17) is 9.47 Å². The average molecular weight is 392 g/mol. The highest BCUT2D eigenvalue weighted by molar-refractivity contribution is 7.89. The van der Waals surface area contributed by atoms with Gasteiger partial charge in [0.25, 0.3) is 0 Å². The van der Waals surface area contributed by atoms with Crippen LogP contribution in [0.15, 0.2) is 35.4 Å². The first-order valence-corrected chi connectivity index (χ1v) is 9.89. The van der Waals surface area contributed by atoms with E-state index in [1.54, 1.807) is 12.1 Å². The number of sulfonamides is 1. The molecule has 1 aliphatic heterocycles. The van der Waals surface area contributed by atoms with Crippen molar-refractivity contribution in [3.63, 3.8) is 0 Å². The molecule has 27 heavy (non-hydrogen) atoms. The summed E-state index contributed by atoms with van der Waals surface area (Å²) in [4.78, 5) is 27.7. The van der Waals surface area contributed by atoms with Crippen LogP contribution in [-0.2, 0) is 24.3 Å². The zero-order valence-electron chi connectivity index (χ0n) is 15.0. The van der Waals surface area contributed by atoms with Crippen molar-refractivity contribution >= 4 is 32.5 Å². The molecular weight excluding hydrogens is 372 g/mol. The van der Waals surface area contributed by atoms with Gasteiger partial charge in [-0.25, -0.2) is 8.42 Å². The molecule has 8 nitrogen and oxygen atoms in total. The number of benzene rings is 1. The molecule has 2 heterocycles. The van der Waals surface area contributed by atoms with Crippen molar-refractivity contribution in [3.05, 3.63) is 30.5 Å². The molecule has 0 spiro atoms. The van der Waals surface area contributed by atoms with Crippen molar-refractivity contribution in [2.45, 2.75) is 24.8 Å². The van der Waals surface area contributed by atoms with Crippen molar-refractivity contribution in [2.75, 3.05) is 26.3 Å². The summed E-state index contributed by atoms with van der Waals surface area (Å²) < 4.78 is 38.3. The number of hydrogen-bond acceptors (Lipinski definition) is 7. The van der Waals surface area contributed by atoms with E-state index in [-0.39, 0.29) is 29.3 Å². The SMILES string of the molecule is CC(=O)C(Oc1ccc(S(=O)(=O)N2CCOCC2)c2cccnc12)C(C)=O. The van der Waals surface area contributed by atoms with Gasteiger partial charge in [-0.1, -0.05) is 0 Å². The summed E-state index contributed by atoms with van der Waals surface area (Å²) in [6, 6.07) is 6.10. The van der Waals surface area contributed by atoms with Gasteiger partial charge in [-0.2, -0.15) is 4.31 Å². The van der Waals surface area contributed by atoms with Crippen molar-refractivity contribution in [1.82, 2.24) is 9.29 Å². The highest BCUT2D eigenvalue weighted by atomic mass is 32.2. The van der Waals surface area contributed by atoms with Crippen LogP contribution in [0.2, 0.25) is 0 Å². The van der Waals surface area contributed by atoms with E-state index in [0.717, 1.165) is 0 Å². The lowest BCUT2D eigenvalue weighted by Gasteiger charge is -2.26. The minimum atomic E-state index is -3.74. The molecule has 0 radical (unpaired) electrons. The van der Waals surface area contributed by atoms with Crippen LogP contribution in [0.1, 0.15) is 13.8 Å². The van der Waals surface area contributed by atoms with E-state index in [0.29, 0.717) is 18.6 Å². The number of fused-ring (bicyclic) bond motifs is 1. The fraction of sp³-hybridized carbons (Fsp3) is 0.389. The molecule has 1 aromatic carbocycles. The van der Waals surface area contributed by atoms with Crippen molar-refractivity contribution in [2.24, 2.45) is 0 Å². The van der Waals surface area contributed by atoms with Crippen LogP contribution < -0.4 is 4.74 Å². The monoisotopic (exact) mass is 392 g/mol. The molecule has 1 saturated heterocycles. The third-order valence-electron chi connectivity index (χ3n) is 4.26. The van der Waals surface area contributed by atoms with E-state index in [1.165, 1.54) is 36.5 Å². The Bertz CT molecular complexity index is 969. The molecule has 9 heteroatoms. The van der Waals surface area contributed by atoms with Gasteiger partial charge in [-0.3, -0.25) is 14.6 Å². The molecule has 0 unspecified atom stereocenters. The first-order chi connectivity index (χ1) is 12.8. The molecule has 1 fully saturated rings. The van der Waals surface area contributed by atoms with Crippen LogP contribution in [0.25, 0.3) is 10.9 Å². The van der Waals surface area contributed by atoms with Crippen LogP contribution in [0.4, 0.5) is 0 Å². The first-order valence-electron chi connectivity index (χ1n) is 8.45. The molecule has 1 aromatic heterocycles. The smallest absolute Gasteiger partial charge is 0.243 e. The summed E-state index contributed by atoms with van der Waals surface area (Å²) in [6.07, 6.45) is 0.244. The van der Waals surface area contributed by atoms with E-state index in [9.17, 15) is 18.0 Å². The van der Waals surface area contributed by atoms with Gasteiger partial charge in [0.15, 0.2) is 11.6 Å². The standard InChI is InChI=1S/C18H20N2O6S/c1-12(21)18(13(2)22)26-15-5-6-16(14-4-3-7-19-17(14)15)27(23,24)20-8-10-25-11-9-20/h3-7,18H,8-11H2,1-2H3. The van der Waals surface area contributed by atoms with Gasteiger partial charge in [-0.15, -0.1) is 0 Å². The zero-order chi connectivity index (χ0) is 19.6. The van der Waals surface area contributed by atoms with Gasteiger partial charge in [0.1, 0.15) is 11.3 Å². The first kappa shape index (κ1) is 19.4. The lowest BCUT2D eigenvalue weighted by atomic mass is 10.1. The average Bonchev–Trinajstić information content (AvgIpc) is 2.66. The Labute approximate surface area is 157 Å². The summed E-state index contributed by atoms with van der Waals surface area (Å²) >= 11 is 0. The topological polar surface area (TPSA) is 103 Å². The maximum atomic E-state index is 13.0. The molecule has 0 N–H and O–H groups in total. The van der Waals surface area contributed by atoms with E-state index >= 15 is 0 Å². The minimum Gasteiger partial charge on any atom is -0.473 e. The fourth-order valence-corrected chi connectivity index (χ4v) is 4.54. The number of nitrogens with zero attached hydrogens (tertiary/aromatic N) is 2. The third kappa shape index (κ3) is 3.85. The number of ketones is 2. The number of aromatic nitrogens is 1. The summed E-state index contributed by atoms with van der Waals surface area (Å²) in [5.74, 6) is -0.685. The summed E-state index contributed by atoms with van der Waals surface area (Å²) in [7, 11) is -3.74. The largest absolute Gasteiger partial charge is 0.473 e. The van der Waals surface area contributed by atoms with Gasteiger partial charge in [0, 0.05) is 24.7 Å². The fourth-order valence-electron chi connectivity index (χ4n) is 2.95. The normalized spacial score (nSPS) is 15.8. The van der Waals surface area contributed by atoms with Gasteiger partial charge in [-0.05, 0) is 38.1 Å². The Morgan fingerprint density at radius 1 is 1.15 bits per heavy atom. The van der Waals surface area contributed by atoms with Gasteiger partial charge >= 0.3 is 0 Å². The van der Waals surface area contributed by atoms with Gasteiger partial charge < -0.3 is 9.47 Å². The van der Waals surface area contributed by atoms with Crippen LogP contribution >= 0.6 is 0 Å². The second kappa shape index (κ2) is 7.71. The number of morpholine rings is 1. The second-order valence-electron chi connectivity index (χ2n) is 6.20. The molecular formula is C18H20N2O6S. The Balaban J connectivity index is 2.08. The Kier molecular flexibility index (Phi) is 5.54. The predicted octanol–water partition coefficient (Wildman–Crippen LogP) is 1.18. The van der Waals surface area contributed by atoms with Crippen LogP contribution in [0.3, 0.4) is 0 Å². The third-order valence-corrected chi connectivity index (χ3v) is 6.22. The summed E-state index contributed by atoms with van der Waals surface area (Å²) in [6.45, 7) is 3.76. The molecule has 1 aliphatic rings. The highest BCUT2D eigenvalue weighted by Crippen LogP contribution is 2.32. The molecule has 3 rings (SSSR count). The van der Waals surface area contributed by atoms with E-state index in [1.807, 2.05) is 0 Å². The van der Waals surface area contributed by atoms with Gasteiger partial charge in [0.05, 0.1) is 18.1 Å². The lowest BCUT2D eigenvalue weighted by Crippen LogP contribution is -2.40. The molecule has 0 amide bonds.